The third-order valence-corrected chi connectivity index (χ3v) is 9.63. The highest BCUT2D eigenvalue weighted by Gasteiger charge is 2.35. The van der Waals surface area contributed by atoms with Crippen molar-refractivity contribution < 1.29 is 0 Å². The van der Waals surface area contributed by atoms with Gasteiger partial charge in [-0.05, 0) is 73.1 Å². The molecule has 0 saturated heterocycles. The Hall–Kier alpha value is -5.27. The van der Waals surface area contributed by atoms with Crippen LogP contribution in [-0.4, -0.2) is 4.98 Å². The molecule has 43 heavy (non-hydrogen) atoms. The Bertz CT molecular complexity index is 2430. The van der Waals surface area contributed by atoms with Crippen LogP contribution in [0.2, 0.25) is 0 Å². The minimum absolute atomic E-state index is 0.0528. The van der Waals surface area contributed by atoms with Crippen molar-refractivity contribution in [3.63, 3.8) is 0 Å². The fourth-order valence-electron chi connectivity index (χ4n) is 7.48. The van der Waals surface area contributed by atoms with Gasteiger partial charge in [0, 0.05) is 27.1 Å². The second kappa shape index (κ2) is 8.86. The second-order valence-electron chi connectivity index (χ2n) is 12.4. The third kappa shape index (κ3) is 3.49. The molecule has 0 fully saturated rings. The second-order valence-corrected chi connectivity index (χ2v) is 12.4. The number of pyridine rings is 1. The van der Waals surface area contributed by atoms with E-state index in [1.54, 1.807) is 0 Å². The van der Waals surface area contributed by atoms with E-state index in [0.29, 0.717) is 0 Å². The summed E-state index contributed by atoms with van der Waals surface area (Å²) < 4.78 is 0. The van der Waals surface area contributed by atoms with Gasteiger partial charge in [-0.1, -0.05) is 135 Å². The van der Waals surface area contributed by atoms with E-state index in [2.05, 4.69) is 153 Å². The minimum atomic E-state index is -0.0528. The topological polar surface area (TPSA) is 12.9 Å². The Labute approximate surface area is 251 Å². The first kappa shape index (κ1) is 24.3. The van der Waals surface area contributed by atoms with Crippen molar-refractivity contribution >= 4 is 43.2 Å². The van der Waals surface area contributed by atoms with Crippen LogP contribution >= 0.6 is 0 Å². The van der Waals surface area contributed by atoms with E-state index in [1.165, 1.54) is 71.1 Å². The minimum Gasteiger partial charge on any atom is -0.247 e. The van der Waals surface area contributed by atoms with Gasteiger partial charge in [0.05, 0.1) is 11.2 Å². The lowest BCUT2D eigenvalue weighted by Crippen LogP contribution is -2.14. The highest BCUT2D eigenvalue weighted by atomic mass is 14.7. The third-order valence-electron chi connectivity index (χ3n) is 9.63. The number of fused-ring (bicyclic) bond motifs is 9. The first-order valence-electron chi connectivity index (χ1n) is 15.1. The summed E-state index contributed by atoms with van der Waals surface area (Å²) in [5, 5.41) is 8.64. The van der Waals surface area contributed by atoms with Crippen molar-refractivity contribution in [3.8, 4) is 33.5 Å². The molecule has 1 aromatic heterocycles. The zero-order chi connectivity index (χ0) is 28.7. The summed E-state index contributed by atoms with van der Waals surface area (Å²) in [6, 6.07) is 51.1. The maximum absolute atomic E-state index is 5.41. The van der Waals surface area contributed by atoms with Crippen LogP contribution in [0.1, 0.15) is 25.0 Å². The van der Waals surface area contributed by atoms with E-state index in [0.717, 1.165) is 16.8 Å². The van der Waals surface area contributed by atoms with Crippen molar-refractivity contribution in [3.05, 3.63) is 151 Å². The van der Waals surface area contributed by atoms with Gasteiger partial charge >= 0.3 is 0 Å². The standard InChI is InChI=1S/C42H29N/c1-42(2)36-16-8-7-14-33(36)34-22-21-29(25-37(34)42)32-15-9-17-38-40(32)39-31-13-6-5-11-27(31)20-23-35(39)41(43-38)30-19-18-26-10-3-4-12-28(26)24-30/h3-25H,1-2H3. The maximum atomic E-state index is 5.41. The number of hydrogen-bond donors (Lipinski definition) is 0. The number of hydrogen-bond acceptors (Lipinski definition) is 1. The van der Waals surface area contributed by atoms with Gasteiger partial charge in [0.2, 0.25) is 0 Å². The zero-order valence-corrected chi connectivity index (χ0v) is 24.2. The van der Waals surface area contributed by atoms with Gasteiger partial charge in [0.15, 0.2) is 0 Å². The normalized spacial score (nSPS) is 13.5. The molecule has 0 N–H and O–H groups in total. The quantitative estimate of drug-likeness (QED) is 0.196. The smallest absolute Gasteiger partial charge is 0.0788 e. The van der Waals surface area contributed by atoms with Crippen LogP contribution in [0.4, 0.5) is 0 Å². The van der Waals surface area contributed by atoms with E-state index in [-0.39, 0.29) is 5.41 Å². The summed E-state index contributed by atoms with van der Waals surface area (Å²) in [7, 11) is 0. The maximum Gasteiger partial charge on any atom is 0.0788 e. The highest BCUT2D eigenvalue weighted by molar-refractivity contribution is 6.25. The first-order valence-corrected chi connectivity index (χ1v) is 15.1. The molecular formula is C42H29N. The molecule has 1 aliphatic rings. The molecule has 1 nitrogen and oxygen atoms in total. The molecule has 0 radical (unpaired) electrons. The van der Waals surface area contributed by atoms with Gasteiger partial charge in [0.1, 0.15) is 0 Å². The number of rotatable bonds is 2. The summed E-state index contributed by atoms with van der Waals surface area (Å²) in [6.45, 7) is 4.70. The summed E-state index contributed by atoms with van der Waals surface area (Å²) in [6.07, 6.45) is 0. The van der Waals surface area contributed by atoms with Crippen molar-refractivity contribution in [1.29, 1.82) is 0 Å². The van der Waals surface area contributed by atoms with Crippen molar-refractivity contribution in [2.75, 3.05) is 0 Å². The Morgan fingerprint density at radius 2 is 1.14 bits per heavy atom. The molecule has 0 atom stereocenters. The molecule has 1 aliphatic carbocycles. The van der Waals surface area contributed by atoms with Crippen LogP contribution in [0, 0.1) is 0 Å². The Kier molecular flexibility index (Phi) is 5.02. The van der Waals surface area contributed by atoms with Crippen molar-refractivity contribution in [1.82, 2.24) is 4.98 Å². The van der Waals surface area contributed by atoms with E-state index < -0.39 is 0 Å². The summed E-state index contributed by atoms with van der Waals surface area (Å²) in [5.41, 5.74) is 11.1. The van der Waals surface area contributed by atoms with Crippen LogP contribution in [-0.2, 0) is 5.41 Å². The predicted octanol–water partition coefficient (Wildman–Crippen LogP) is 11.3. The average Bonchev–Trinajstić information content (AvgIpc) is 3.29. The predicted molar refractivity (Wildman–Crippen MR) is 183 cm³/mol. The van der Waals surface area contributed by atoms with Gasteiger partial charge < -0.3 is 0 Å². The molecule has 0 bridgehead atoms. The van der Waals surface area contributed by atoms with Crippen LogP contribution in [0.25, 0.3) is 76.7 Å². The molecule has 0 unspecified atom stereocenters. The summed E-state index contributed by atoms with van der Waals surface area (Å²) in [5.74, 6) is 0. The van der Waals surface area contributed by atoms with Gasteiger partial charge in [0.25, 0.3) is 0 Å². The van der Waals surface area contributed by atoms with Crippen LogP contribution in [0.5, 0.6) is 0 Å². The van der Waals surface area contributed by atoms with E-state index in [9.17, 15) is 0 Å². The van der Waals surface area contributed by atoms with Gasteiger partial charge in [-0.2, -0.15) is 0 Å². The van der Waals surface area contributed by atoms with Crippen LogP contribution in [0.3, 0.4) is 0 Å². The van der Waals surface area contributed by atoms with Crippen molar-refractivity contribution in [2.45, 2.75) is 19.3 Å². The molecule has 0 amide bonds. The largest absolute Gasteiger partial charge is 0.247 e. The number of aromatic nitrogens is 1. The van der Waals surface area contributed by atoms with Crippen LogP contribution in [0.15, 0.2) is 140 Å². The summed E-state index contributed by atoms with van der Waals surface area (Å²) >= 11 is 0. The molecule has 0 aliphatic heterocycles. The van der Waals surface area contributed by atoms with E-state index in [1.807, 2.05) is 0 Å². The Balaban J connectivity index is 1.36. The molecule has 9 rings (SSSR count). The molecule has 1 heterocycles. The van der Waals surface area contributed by atoms with Gasteiger partial charge in [-0.3, -0.25) is 0 Å². The molecular weight excluding hydrogens is 518 g/mol. The lowest BCUT2D eigenvalue weighted by atomic mass is 9.81. The first-order chi connectivity index (χ1) is 21.1. The fraction of sp³-hybridized carbons (Fsp3) is 0.0714. The number of nitrogens with zero attached hydrogens (tertiary/aromatic N) is 1. The van der Waals surface area contributed by atoms with Crippen molar-refractivity contribution in [2.24, 2.45) is 0 Å². The Morgan fingerprint density at radius 3 is 2.05 bits per heavy atom. The lowest BCUT2D eigenvalue weighted by Gasteiger charge is -2.22. The molecule has 8 aromatic rings. The molecule has 1 heteroatoms. The van der Waals surface area contributed by atoms with Crippen LogP contribution < -0.4 is 0 Å². The lowest BCUT2D eigenvalue weighted by molar-refractivity contribution is 0.660. The monoisotopic (exact) mass is 547 g/mol. The van der Waals surface area contributed by atoms with E-state index >= 15 is 0 Å². The van der Waals surface area contributed by atoms with Gasteiger partial charge in [-0.25, -0.2) is 4.98 Å². The molecule has 0 spiro atoms. The van der Waals surface area contributed by atoms with E-state index in [4.69, 9.17) is 4.98 Å². The SMILES string of the molecule is CC1(C)c2ccccc2-c2ccc(-c3cccc4nc(-c5ccc6ccccc6c5)c5ccc6ccccc6c5c34)cc21. The Morgan fingerprint density at radius 1 is 0.442 bits per heavy atom. The van der Waals surface area contributed by atoms with Gasteiger partial charge in [-0.15, -0.1) is 0 Å². The summed E-state index contributed by atoms with van der Waals surface area (Å²) in [4.78, 5) is 5.41. The molecule has 7 aromatic carbocycles. The average molecular weight is 548 g/mol. The number of benzene rings is 7. The highest BCUT2D eigenvalue weighted by Crippen LogP contribution is 2.50. The molecule has 202 valence electrons. The fourth-order valence-corrected chi connectivity index (χ4v) is 7.48. The zero-order valence-electron chi connectivity index (χ0n) is 24.2. The molecule has 0 saturated carbocycles.